The van der Waals surface area contributed by atoms with Crippen LogP contribution in [-0.4, -0.2) is 88.1 Å². The van der Waals surface area contributed by atoms with Gasteiger partial charge in [-0.25, -0.2) is 10.2 Å². The summed E-state index contributed by atoms with van der Waals surface area (Å²) >= 11 is 0. The molecule has 1 aromatic rings. The molecule has 3 amide bonds. The van der Waals surface area contributed by atoms with Crippen molar-refractivity contribution in [2.75, 3.05) is 13.2 Å². The third kappa shape index (κ3) is 13.9. The molecule has 1 fully saturated rings. The summed E-state index contributed by atoms with van der Waals surface area (Å²) < 4.78 is 10.9. The van der Waals surface area contributed by atoms with Gasteiger partial charge < -0.3 is 35.1 Å². The van der Waals surface area contributed by atoms with Crippen LogP contribution in [0.2, 0.25) is 0 Å². The first-order valence-corrected chi connectivity index (χ1v) is 19.3. The van der Waals surface area contributed by atoms with Crippen LogP contribution in [0.4, 0.5) is 0 Å². The Morgan fingerprint density at radius 1 is 1.05 bits per heavy atom. The van der Waals surface area contributed by atoms with Crippen molar-refractivity contribution in [3.05, 3.63) is 77.9 Å². The molecule has 0 spiro atoms. The zero-order chi connectivity index (χ0) is 41.4. The maximum absolute atomic E-state index is 14.3. The quantitative estimate of drug-likeness (QED) is 0.138. The average Bonchev–Trinajstić information content (AvgIpc) is 3.15. The number of nitrogens with zero attached hydrogens (tertiary/aromatic N) is 1. The molecule has 2 unspecified atom stereocenters. The van der Waals surface area contributed by atoms with Gasteiger partial charge in [0.1, 0.15) is 35.8 Å². The Morgan fingerprint density at radius 3 is 2.43 bits per heavy atom. The fraction of sp³-hybridized carbons (Fsp3) is 0.524. The summed E-state index contributed by atoms with van der Waals surface area (Å²) in [5.41, 5.74) is 3.88. The van der Waals surface area contributed by atoms with Gasteiger partial charge in [-0.2, -0.15) is 0 Å². The molecule has 7 atom stereocenters. The van der Waals surface area contributed by atoms with Gasteiger partial charge in [0.2, 0.25) is 11.8 Å². The highest BCUT2D eigenvalue weighted by atomic mass is 16.5. The lowest BCUT2D eigenvalue weighted by atomic mass is 9.85. The number of esters is 2. The number of phenols is 1. The number of hydrazine groups is 1. The second-order valence-corrected chi connectivity index (χ2v) is 14.7. The first kappa shape index (κ1) is 45.3. The van der Waals surface area contributed by atoms with E-state index >= 15 is 0 Å². The van der Waals surface area contributed by atoms with Gasteiger partial charge in [-0.05, 0) is 81.6 Å². The van der Waals surface area contributed by atoms with E-state index in [4.69, 9.17) is 9.47 Å². The molecule has 0 aliphatic carbocycles. The number of carbonyl (C=O) groups excluding carboxylic acids is 6. The van der Waals surface area contributed by atoms with Gasteiger partial charge in [0, 0.05) is 25.5 Å². The summed E-state index contributed by atoms with van der Waals surface area (Å²) in [7, 11) is 0. The number of phenolic OH excluding ortho intramolecular Hbond substituents is 1. The third-order valence-electron chi connectivity index (χ3n) is 9.75. The van der Waals surface area contributed by atoms with Crippen LogP contribution in [-0.2, 0) is 38.2 Å². The van der Waals surface area contributed by atoms with E-state index in [1.807, 2.05) is 12.2 Å². The zero-order valence-electron chi connectivity index (χ0n) is 33.2. The Bertz CT molecular complexity index is 1670. The van der Waals surface area contributed by atoms with Gasteiger partial charge in [0.05, 0.1) is 18.6 Å². The fourth-order valence-electron chi connectivity index (χ4n) is 6.42. The molecular formula is C42H58N4O10. The highest BCUT2D eigenvalue weighted by molar-refractivity contribution is 5.93. The van der Waals surface area contributed by atoms with Crippen LogP contribution < -0.4 is 16.1 Å². The normalized spacial score (nSPS) is 27.7. The lowest BCUT2D eigenvalue weighted by Gasteiger charge is -2.36. The number of cyclic esters (lactones) is 1. The average molecular weight is 779 g/mol. The van der Waals surface area contributed by atoms with Crippen LogP contribution in [0.25, 0.3) is 0 Å². The van der Waals surface area contributed by atoms with Crippen LogP contribution in [0.3, 0.4) is 0 Å². The molecule has 5 N–H and O–H groups in total. The monoisotopic (exact) mass is 778 g/mol. The van der Waals surface area contributed by atoms with Crippen LogP contribution in [0.15, 0.2) is 72.4 Å². The number of carbonyl (C=O) groups is 6. The van der Waals surface area contributed by atoms with Gasteiger partial charge in [0.25, 0.3) is 5.91 Å². The molecule has 1 aromatic carbocycles. The number of nitrogens with one attached hydrogen (secondary N) is 3. The Labute approximate surface area is 329 Å². The molecule has 2 bridgehead atoms. The lowest BCUT2D eigenvalue weighted by Crippen LogP contribution is -2.59. The highest BCUT2D eigenvalue weighted by Crippen LogP contribution is 2.25. The summed E-state index contributed by atoms with van der Waals surface area (Å²) in [6, 6.07) is 2.47. The lowest BCUT2D eigenvalue weighted by molar-refractivity contribution is -0.156. The first-order valence-electron chi connectivity index (χ1n) is 19.3. The van der Waals surface area contributed by atoms with E-state index in [9.17, 15) is 39.0 Å². The summed E-state index contributed by atoms with van der Waals surface area (Å²) in [4.78, 5) is 79.7. The molecule has 14 heteroatoms. The molecule has 14 nitrogen and oxygen atoms in total. The number of allylic oxidation sites excluding steroid dienone is 5. The Hall–Kier alpha value is -5.08. The van der Waals surface area contributed by atoms with Crippen molar-refractivity contribution in [1.82, 2.24) is 21.1 Å². The molecule has 0 radical (unpaired) electrons. The largest absolute Gasteiger partial charge is 0.508 e. The fourth-order valence-corrected chi connectivity index (χ4v) is 6.42. The summed E-state index contributed by atoms with van der Waals surface area (Å²) in [5, 5.41) is 28.5. The maximum Gasteiger partial charge on any atom is 0.330 e. The predicted octanol–water partition coefficient (Wildman–Crippen LogP) is 4.05. The molecule has 0 saturated carbocycles. The van der Waals surface area contributed by atoms with Crippen LogP contribution in [0.1, 0.15) is 91.7 Å². The van der Waals surface area contributed by atoms with Crippen LogP contribution in [0, 0.1) is 17.8 Å². The molecular weight excluding hydrogens is 720 g/mol. The highest BCUT2D eigenvalue weighted by Gasteiger charge is 2.38. The van der Waals surface area contributed by atoms with Crippen molar-refractivity contribution < 1.29 is 48.5 Å². The van der Waals surface area contributed by atoms with Crippen molar-refractivity contribution in [1.29, 1.82) is 0 Å². The number of ketones is 1. The minimum absolute atomic E-state index is 0.0507. The molecule has 3 rings (SSSR count). The number of fused-ring (bicyclic) bond motifs is 2. The second kappa shape index (κ2) is 22.5. The van der Waals surface area contributed by atoms with Gasteiger partial charge in [-0.1, -0.05) is 69.4 Å². The smallest absolute Gasteiger partial charge is 0.330 e. The standard InChI is InChI=1S/C42H58N4O10/c1-7-55-35(49)21-12-16-27(4)34-20-11-9-8-10-15-28(5)38(50)32(23-22-29(6)47)39(51)43-36(26(2)3)40(52)44-37(30-17-13-18-31(48)25-30)41(53)46-24-14-19-33(45-46)42(54)56-34/h8-13,16-18,21,25-26,28,32-34,36-38,45,48,50H,7,14-15,19-20,22-24H2,1-6H3,(H,43,51)(H,44,52)/b10-8+,11-9+,21-12+,27-16+/t28-,32+,33?,34-,36-,37?,38+/m0/s1. The Balaban J connectivity index is 2.06. The van der Waals surface area contributed by atoms with Gasteiger partial charge in [-0.3, -0.25) is 24.2 Å². The van der Waals surface area contributed by atoms with Crippen LogP contribution >= 0.6 is 0 Å². The number of ether oxygens (including phenoxy) is 2. The molecule has 56 heavy (non-hydrogen) atoms. The zero-order valence-corrected chi connectivity index (χ0v) is 33.2. The summed E-state index contributed by atoms with van der Waals surface area (Å²) in [6.07, 6.45) is 11.3. The maximum atomic E-state index is 14.3. The first-order chi connectivity index (χ1) is 26.6. The summed E-state index contributed by atoms with van der Waals surface area (Å²) in [5.74, 6) is -5.19. The number of aromatic hydroxyl groups is 1. The van der Waals surface area contributed by atoms with Gasteiger partial charge >= 0.3 is 11.9 Å². The van der Waals surface area contributed by atoms with Crippen molar-refractivity contribution in [3.8, 4) is 5.75 Å². The Morgan fingerprint density at radius 2 is 1.77 bits per heavy atom. The van der Waals surface area contributed by atoms with Crippen molar-refractivity contribution in [2.45, 2.75) is 110 Å². The van der Waals surface area contributed by atoms with E-state index in [2.05, 4.69) is 16.1 Å². The molecule has 2 aliphatic heterocycles. The van der Waals surface area contributed by atoms with E-state index in [-0.39, 0.29) is 49.5 Å². The minimum Gasteiger partial charge on any atom is -0.508 e. The number of Topliss-reactive ketones (excluding diaryl/α,β-unsaturated/α-hetero) is 1. The second-order valence-electron chi connectivity index (χ2n) is 14.7. The van der Waals surface area contributed by atoms with Gasteiger partial charge in [0.15, 0.2) is 0 Å². The number of benzene rings is 1. The number of hydrogen-bond acceptors (Lipinski definition) is 11. The molecule has 2 aliphatic rings. The Kier molecular flexibility index (Phi) is 18.2. The molecule has 1 saturated heterocycles. The van der Waals surface area contributed by atoms with Gasteiger partial charge in [-0.15, -0.1) is 0 Å². The van der Waals surface area contributed by atoms with E-state index in [0.717, 1.165) is 0 Å². The number of hydrogen-bond donors (Lipinski definition) is 5. The van der Waals surface area contributed by atoms with E-state index in [0.29, 0.717) is 24.8 Å². The summed E-state index contributed by atoms with van der Waals surface area (Å²) in [6.45, 7) is 10.5. The SMILES string of the molecule is CCOC(=O)/C=C/C=C(\C)[C@@H]1C/C=C/C=C/C[C@H](C)[C@@H](O)[C@@H](CCC(C)=O)C(=O)N[C@@H](C(C)C)C(=O)NC(c2cccc(O)c2)C(=O)N2CCCC(N2)C(=O)O1. The van der Waals surface area contributed by atoms with Crippen molar-refractivity contribution >= 4 is 35.4 Å². The number of aliphatic hydroxyl groups is 1. The van der Waals surface area contributed by atoms with Crippen LogP contribution in [0.5, 0.6) is 5.75 Å². The van der Waals surface area contributed by atoms with Crippen molar-refractivity contribution in [2.24, 2.45) is 17.8 Å². The molecule has 0 aromatic heterocycles. The number of amides is 3. The number of aliphatic hydroxyl groups excluding tert-OH is 1. The van der Waals surface area contributed by atoms with E-state index in [1.54, 1.807) is 58.9 Å². The van der Waals surface area contributed by atoms with E-state index in [1.165, 1.54) is 42.3 Å². The van der Waals surface area contributed by atoms with Crippen molar-refractivity contribution in [3.63, 3.8) is 0 Å². The topological polar surface area (TPSA) is 201 Å². The molecule has 2 heterocycles. The minimum atomic E-state index is -1.34. The predicted molar refractivity (Wildman–Crippen MR) is 209 cm³/mol. The van der Waals surface area contributed by atoms with E-state index < -0.39 is 77.7 Å². The number of rotatable bonds is 9. The molecule has 306 valence electrons. The third-order valence-corrected chi connectivity index (χ3v) is 9.75.